The molecule has 1 saturated carbocycles. The second-order valence-corrected chi connectivity index (χ2v) is 5.62. The molecule has 0 spiro atoms. The predicted octanol–water partition coefficient (Wildman–Crippen LogP) is 2.35. The van der Waals surface area contributed by atoms with E-state index in [1.165, 1.54) is 12.4 Å². The summed E-state index contributed by atoms with van der Waals surface area (Å²) in [6.07, 6.45) is 4.62. The number of carboxylic acids is 1. The van der Waals surface area contributed by atoms with Gasteiger partial charge in [0.2, 0.25) is 0 Å². The van der Waals surface area contributed by atoms with Gasteiger partial charge >= 0.3 is 5.97 Å². The third-order valence-corrected chi connectivity index (χ3v) is 3.92. The van der Waals surface area contributed by atoms with Crippen LogP contribution in [0, 0.1) is 0 Å². The molecule has 1 heterocycles. The zero-order valence-electron chi connectivity index (χ0n) is 13.0. The highest BCUT2D eigenvalue weighted by Crippen LogP contribution is 2.43. The highest BCUT2D eigenvalue weighted by atomic mass is 16.5. The summed E-state index contributed by atoms with van der Waals surface area (Å²) in [4.78, 5) is 19.3. The zero-order chi connectivity index (χ0) is 16.3. The highest BCUT2D eigenvalue weighted by molar-refractivity contribution is 5.86. The average molecular weight is 313 g/mol. The Bertz CT molecular complexity index is 696. The SMILES string of the molecule is CCOc1cccc(CNC2(c3ncc(C(=O)O)cn3)CC2)c1. The number of hydrogen-bond acceptors (Lipinski definition) is 5. The summed E-state index contributed by atoms with van der Waals surface area (Å²) in [7, 11) is 0. The zero-order valence-corrected chi connectivity index (χ0v) is 13.0. The van der Waals surface area contributed by atoms with Crippen LogP contribution in [0.15, 0.2) is 36.7 Å². The number of nitrogens with zero attached hydrogens (tertiary/aromatic N) is 2. The van der Waals surface area contributed by atoms with Crippen molar-refractivity contribution in [3.63, 3.8) is 0 Å². The van der Waals surface area contributed by atoms with Crippen molar-refractivity contribution in [2.24, 2.45) is 0 Å². The molecule has 23 heavy (non-hydrogen) atoms. The molecule has 1 aromatic heterocycles. The van der Waals surface area contributed by atoms with E-state index >= 15 is 0 Å². The van der Waals surface area contributed by atoms with Crippen molar-refractivity contribution in [1.82, 2.24) is 15.3 Å². The van der Waals surface area contributed by atoms with Crippen LogP contribution in [0.4, 0.5) is 0 Å². The minimum atomic E-state index is -1.01. The fourth-order valence-electron chi connectivity index (χ4n) is 2.47. The summed E-state index contributed by atoms with van der Waals surface area (Å²) in [6.45, 7) is 3.29. The van der Waals surface area contributed by atoms with E-state index in [0.29, 0.717) is 19.0 Å². The summed E-state index contributed by atoms with van der Waals surface area (Å²) in [5.74, 6) is 0.504. The van der Waals surface area contributed by atoms with E-state index in [9.17, 15) is 4.79 Å². The van der Waals surface area contributed by atoms with Crippen molar-refractivity contribution >= 4 is 5.97 Å². The number of benzene rings is 1. The molecule has 0 unspecified atom stereocenters. The van der Waals surface area contributed by atoms with E-state index < -0.39 is 5.97 Å². The van der Waals surface area contributed by atoms with Crippen LogP contribution in [-0.4, -0.2) is 27.7 Å². The Kier molecular flexibility index (Phi) is 4.25. The fraction of sp³-hybridized carbons (Fsp3) is 0.353. The summed E-state index contributed by atoms with van der Waals surface area (Å²) in [5, 5.41) is 12.4. The molecule has 1 aliphatic carbocycles. The van der Waals surface area contributed by atoms with E-state index in [4.69, 9.17) is 9.84 Å². The van der Waals surface area contributed by atoms with Gasteiger partial charge in [-0.3, -0.25) is 0 Å². The van der Waals surface area contributed by atoms with E-state index in [0.717, 1.165) is 24.2 Å². The van der Waals surface area contributed by atoms with Crippen molar-refractivity contribution in [3.05, 3.63) is 53.6 Å². The highest BCUT2D eigenvalue weighted by Gasteiger charge is 2.46. The minimum absolute atomic E-state index is 0.106. The first-order valence-electron chi connectivity index (χ1n) is 7.65. The van der Waals surface area contributed by atoms with Crippen molar-refractivity contribution in [2.45, 2.75) is 31.8 Å². The van der Waals surface area contributed by atoms with Crippen LogP contribution in [0.2, 0.25) is 0 Å². The number of nitrogens with one attached hydrogen (secondary N) is 1. The Morgan fingerprint density at radius 3 is 2.70 bits per heavy atom. The summed E-state index contributed by atoms with van der Waals surface area (Å²) < 4.78 is 5.51. The third-order valence-electron chi connectivity index (χ3n) is 3.92. The van der Waals surface area contributed by atoms with Gasteiger partial charge in [-0.1, -0.05) is 12.1 Å². The maximum absolute atomic E-state index is 10.9. The first-order valence-corrected chi connectivity index (χ1v) is 7.65. The van der Waals surface area contributed by atoms with Crippen molar-refractivity contribution in [1.29, 1.82) is 0 Å². The Morgan fingerprint density at radius 1 is 1.35 bits per heavy atom. The molecule has 120 valence electrons. The second kappa shape index (κ2) is 6.34. The van der Waals surface area contributed by atoms with Crippen molar-refractivity contribution in [2.75, 3.05) is 6.61 Å². The van der Waals surface area contributed by atoms with Crippen LogP contribution in [0.5, 0.6) is 5.75 Å². The topological polar surface area (TPSA) is 84.3 Å². The van der Waals surface area contributed by atoms with Gasteiger partial charge in [0, 0.05) is 18.9 Å². The number of aromatic carboxylic acids is 1. The van der Waals surface area contributed by atoms with Gasteiger partial charge in [-0.2, -0.15) is 0 Å². The van der Waals surface area contributed by atoms with Gasteiger partial charge in [0.15, 0.2) is 0 Å². The van der Waals surface area contributed by atoms with Gasteiger partial charge in [-0.05, 0) is 37.5 Å². The molecule has 3 rings (SSSR count). The Labute approximate surface area is 134 Å². The molecule has 0 amide bonds. The molecule has 0 radical (unpaired) electrons. The first kappa shape index (κ1) is 15.4. The number of aromatic nitrogens is 2. The molecule has 2 aromatic rings. The smallest absolute Gasteiger partial charge is 0.338 e. The molecular formula is C17H19N3O3. The monoisotopic (exact) mass is 313 g/mol. The molecular weight excluding hydrogens is 294 g/mol. The quantitative estimate of drug-likeness (QED) is 0.816. The lowest BCUT2D eigenvalue weighted by Crippen LogP contribution is -2.30. The molecule has 6 nitrogen and oxygen atoms in total. The molecule has 0 aliphatic heterocycles. The lowest BCUT2D eigenvalue weighted by atomic mass is 10.1. The van der Waals surface area contributed by atoms with Crippen molar-refractivity contribution in [3.8, 4) is 5.75 Å². The largest absolute Gasteiger partial charge is 0.494 e. The van der Waals surface area contributed by atoms with Gasteiger partial charge in [0.25, 0.3) is 0 Å². The number of rotatable bonds is 7. The van der Waals surface area contributed by atoms with Crippen LogP contribution in [0.1, 0.15) is 41.5 Å². The molecule has 2 N–H and O–H groups in total. The van der Waals surface area contributed by atoms with Gasteiger partial charge in [-0.15, -0.1) is 0 Å². The Hall–Kier alpha value is -2.47. The molecule has 1 aliphatic rings. The predicted molar refractivity (Wildman–Crippen MR) is 84.4 cm³/mol. The molecule has 1 fully saturated rings. The van der Waals surface area contributed by atoms with Gasteiger partial charge in [0.05, 0.1) is 17.7 Å². The van der Waals surface area contributed by atoms with Crippen LogP contribution < -0.4 is 10.1 Å². The van der Waals surface area contributed by atoms with Gasteiger partial charge in [-0.25, -0.2) is 14.8 Å². The maximum Gasteiger partial charge on any atom is 0.338 e. The number of carbonyl (C=O) groups is 1. The molecule has 0 atom stereocenters. The molecule has 6 heteroatoms. The van der Waals surface area contributed by atoms with Gasteiger partial charge in [0.1, 0.15) is 11.6 Å². The Morgan fingerprint density at radius 2 is 2.09 bits per heavy atom. The van der Waals surface area contributed by atoms with E-state index in [2.05, 4.69) is 15.3 Å². The molecule has 1 aromatic carbocycles. The van der Waals surface area contributed by atoms with E-state index in [-0.39, 0.29) is 11.1 Å². The third kappa shape index (κ3) is 3.48. The summed E-state index contributed by atoms with van der Waals surface area (Å²) in [5.41, 5.74) is 0.997. The lowest BCUT2D eigenvalue weighted by molar-refractivity contribution is 0.0695. The summed E-state index contributed by atoms with van der Waals surface area (Å²) >= 11 is 0. The number of ether oxygens (including phenoxy) is 1. The fourth-order valence-corrected chi connectivity index (χ4v) is 2.47. The van der Waals surface area contributed by atoms with E-state index in [1.807, 2.05) is 31.2 Å². The van der Waals surface area contributed by atoms with Crippen LogP contribution in [0.3, 0.4) is 0 Å². The standard InChI is InChI=1S/C17H19N3O3/c1-2-23-14-5-3-4-12(8-14)9-20-17(6-7-17)16-18-10-13(11-19-16)15(21)22/h3-5,8,10-11,20H,2,6-7,9H2,1H3,(H,21,22). The minimum Gasteiger partial charge on any atom is -0.494 e. The lowest BCUT2D eigenvalue weighted by Gasteiger charge is -2.16. The first-order chi connectivity index (χ1) is 11.1. The van der Waals surface area contributed by atoms with Crippen LogP contribution in [0.25, 0.3) is 0 Å². The van der Waals surface area contributed by atoms with E-state index in [1.54, 1.807) is 0 Å². The van der Waals surface area contributed by atoms with Crippen LogP contribution >= 0.6 is 0 Å². The maximum atomic E-state index is 10.9. The van der Waals surface area contributed by atoms with Gasteiger partial charge < -0.3 is 15.2 Å². The average Bonchev–Trinajstić information content (AvgIpc) is 3.35. The molecule has 0 saturated heterocycles. The summed E-state index contributed by atoms with van der Waals surface area (Å²) in [6, 6.07) is 7.97. The van der Waals surface area contributed by atoms with Crippen molar-refractivity contribution < 1.29 is 14.6 Å². The normalized spacial score (nSPS) is 15.2. The molecule has 0 bridgehead atoms. The Balaban J connectivity index is 1.67. The second-order valence-electron chi connectivity index (χ2n) is 5.62. The number of carboxylic acid groups (broad SMARTS) is 1. The number of hydrogen-bond donors (Lipinski definition) is 2. The van der Waals surface area contributed by atoms with Crippen LogP contribution in [-0.2, 0) is 12.1 Å².